The van der Waals surface area contributed by atoms with Crippen molar-refractivity contribution in [3.8, 4) is 0 Å². The van der Waals surface area contributed by atoms with Crippen LogP contribution in [0, 0.1) is 0 Å². The summed E-state index contributed by atoms with van der Waals surface area (Å²) in [6.45, 7) is 16.4. The molecule has 4 nitrogen and oxygen atoms in total. The maximum absolute atomic E-state index is 14.3. The van der Waals surface area contributed by atoms with Crippen LogP contribution in [-0.2, 0) is 24.3 Å². The number of allylic oxidation sites excluding steroid dienone is 1. The minimum Gasteiger partial charge on any atom is -0.455 e. The van der Waals surface area contributed by atoms with Crippen LogP contribution in [0.25, 0.3) is 0 Å². The van der Waals surface area contributed by atoms with Gasteiger partial charge in [-0.1, -0.05) is 68.8 Å². The molecule has 0 saturated carbocycles. The van der Waals surface area contributed by atoms with Crippen molar-refractivity contribution in [2.45, 2.75) is 84.0 Å². The number of rotatable bonds is 10. The Kier molecular flexibility index (Phi) is 10.4. The van der Waals surface area contributed by atoms with E-state index in [2.05, 4.69) is 33.9 Å². The zero-order valence-corrected chi connectivity index (χ0v) is 22.8. The molecule has 0 heterocycles. The lowest BCUT2D eigenvalue weighted by atomic mass is 9.92. The maximum Gasteiger partial charge on any atom is 0.432 e. The van der Waals surface area contributed by atoms with E-state index in [1.165, 1.54) is 24.3 Å². The number of esters is 1. The molecule has 0 aromatic heterocycles. The normalized spacial score (nSPS) is 15.9. The van der Waals surface area contributed by atoms with Gasteiger partial charge in [0.2, 0.25) is 0 Å². The van der Waals surface area contributed by atoms with Gasteiger partial charge in [-0.3, -0.25) is 0 Å². The molecular formula is C26H39F3O4Si. The third-order valence-electron chi connectivity index (χ3n) is 6.33. The topological polar surface area (TPSA) is 44.8 Å². The minimum atomic E-state index is -5.02. The van der Waals surface area contributed by atoms with Crippen LogP contribution in [-0.4, -0.2) is 40.3 Å². The fourth-order valence-electron chi connectivity index (χ4n) is 3.00. The van der Waals surface area contributed by atoms with Gasteiger partial charge in [-0.15, -0.1) is 0 Å². The molecule has 0 bridgehead atoms. The Hall–Kier alpha value is -1.90. The molecule has 0 amide bonds. The Bertz CT molecular complexity index is 866. The maximum atomic E-state index is 14.3. The molecule has 2 atom stereocenters. The van der Waals surface area contributed by atoms with Crippen LogP contribution in [0.4, 0.5) is 13.2 Å². The molecule has 0 spiro atoms. The number of methoxy groups -OCH3 is 1. The van der Waals surface area contributed by atoms with Crippen LogP contribution < -0.4 is 0 Å². The second-order valence-corrected chi connectivity index (χ2v) is 15.0. The molecule has 0 N–H and O–H groups in total. The van der Waals surface area contributed by atoms with Gasteiger partial charge in [0.25, 0.3) is 5.60 Å². The first kappa shape index (κ1) is 30.1. The Morgan fingerprint density at radius 1 is 1.03 bits per heavy atom. The molecule has 8 heteroatoms. The van der Waals surface area contributed by atoms with Gasteiger partial charge in [-0.2, -0.15) is 13.2 Å². The van der Waals surface area contributed by atoms with Crippen molar-refractivity contribution in [1.82, 2.24) is 0 Å². The molecular weight excluding hydrogens is 461 g/mol. The SMILES string of the molecule is CO[C@](C(=O)O[C@H](CC=C(C)C)/C(C)=C/CO[Si](C)(C)C(C)(C)C)(c1ccccc1)C(F)(F)F. The van der Waals surface area contributed by atoms with Gasteiger partial charge >= 0.3 is 12.1 Å². The lowest BCUT2D eigenvalue weighted by Gasteiger charge is -2.36. The lowest BCUT2D eigenvalue weighted by molar-refractivity contribution is -0.277. The summed E-state index contributed by atoms with van der Waals surface area (Å²) in [4.78, 5) is 13.1. The van der Waals surface area contributed by atoms with Gasteiger partial charge in [0.15, 0.2) is 8.32 Å². The molecule has 0 unspecified atom stereocenters. The Morgan fingerprint density at radius 2 is 1.59 bits per heavy atom. The van der Waals surface area contributed by atoms with Crippen molar-refractivity contribution in [1.29, 1.82) is 0 Å². The number of carbonyl (C=O) groups is 1. The number of hydrogen-bond acceptors (Lipinski definition) is 4. The van der Waals surface area contributed by atoms with E-state index in [0.29, 0.717) is 12.2 Å². The van der Waals surface area contributed by atoms with E-state index in [1.54, 1.807) is 19.1 Å². The van der Waals surface area contributed by atoms with E-state index in [4.69, 9.17) is 13.9 Å². The summed E-state index contributed by atoms with van der Waals surface area (Å²) in [5, 5.41) is 0.0170. The minimum absolute atomic E-state index is 0.0170. The van der Waals surface area contributed by atoms with Crippen LogP contribution in [0.5, 0.6) is 0 Å². The van der Waals surface area contributed by atoms with Crippen LogP contribution in [0.2, 0.25) is 18.1 Å². The van der Waals surface area contributed by atoms with Crippen molar-refractivity contribution >= 4 is 14.3 Å². The zero-order chi connectivity index (χ0) is 26.4. The van der Waals surface area contributed by atoms with Crippen molar-refractivity contribution in [2.75, 3.05) is 13.7 Å². The van der Waals surface area contributed by atoms with E-state index in [1.807, 2.05) is 19.9 Å². The quantitative estimate of drug-likeness (QED) is 0.192. The number of benzene rings is 1. The van der Waals surface area contributed by atoms with E-state index in [9.17, 15) is 18.0 Å². The summed E-state index contributed by atoms with van der Waals surface area (Å²) < 4.78 is 59.3. The van der Waals surface area contributed by atoms with Crippen molar-refractivity contribution in [2.24, 2.45) is 0 Å². The van der Waals surface area contributed by atoms with Crippen LogP contribution >= 0.6 is 0 Å². The molecule has 0 saturated heterocycles. The number of ether oxygens (including phenoxy) is 2. The van der Waals surface area contributed by atoms with Gasteiger partial charge in [0, 0.05) is 19.1 Å². The summed E-state index contributed by atoms with van der Waals surface area (Å²) in [5.74, 6) is -1.50. The average Bonchev–Trinajstić information content (AvgIpc) is 2.70. The van der Waals surface area contributed by atoms with Crippen molar-refractivity contribution in [3.63, 3.8) is 0 Å². The number of alkyl halides is 3. The van der Waals surface area contributed by atoms with E-state index >= 15 is 0 Å². The molecule has 0 aliphatic rings. The van der Waals surface area contributed by atoms with E-state index in [-0.39, 0.29) is 17.0 Å². The highest BCUT2D eigenvalue weighted by Crippen LogP contribution is 2.43. The predicted octanol–water partition coefficient (Wildman–Crippen LogP) is 7.33. The average molecular weight is 501 g/mol. The standard InChI is InChI=1S/C26H39F3O4Si/c1-19(2)15-16-22(20(3)17-18-32-34(8,9)24(4,5)6)33-23(30)25(31-7,26(27,28)29)21-13-11-10-12-14-21/h10-15,17,22H,16,18H2,1-9H3/b20-17+/t22-,25+/m1/s1. The summed E-state index contributed by atoms with van der Waals surface area (Å²) in [7, 11) is -1.15. The largest absolute Gasteiger partial charge is 0.455 e. The molecule has 192 valence electrons. The van der Waals surface area contributed by atoms with Crippen molar-refractivity contribution < 1.29 is 31.9 Å². The third kappa shape index (κ3) is 7.30. The fraction of sp³-hybridized carbons (Fsp3) is 0.577. The highest BCUT2D eigenvalue weighted by molar-refractivity contribution is 6.74. The van der Waals surface area contributed by atoms with Gasteiger partial charge in [-0.05, 0) is 44.5 Å². The van der Waals surface area contributed by atoms with Gasteiger partial charge in [0.05, 0.1) is 6.61 Å². The summed E-state index contributed by atoms with van der Waals surface area (Å²) >= 11 is 0. The van der Waals surface area contributed by atoms with Crippen LogP contribution in [0.3, 0.4) is 0 Å². The number of halogens is 3. The fourth-order valence-corrected chi connectivity index (χ4v) is 3.93. The van der Waals surface area contributed by atoms with Crippen LogP contribution in [0.15, 0.2) is 53.6 Å². The predicted molar refractivity (Wildman–Crippen MR) is 132 cm³/mol. The molecule has 34 heavy (non-hydrogen) atoms. The molecule has 0 radical (unpaired) electrons. The van der Waals surface area contributed by atoms with Gasteiger partial charge in [0.1, 0.15) is 6.10 Å². The first-order valence-electron chi connectivity index (χ1n) is 11.3. The Labute approximate surface area is 203 Å². The zero-order valence-electron chi connectivity index (χ0n) is 21.8. The Morgan fingerprint density at radius 3 is 2.03 bits per heavy atom. The monoisotopic (exact) mass is 500 g/mol. The second-order valence-electron chi connectivity index (χ2n) is 10.2. The van der Waals surface area contributed by atoms with Crippen LogP contribution in [0.1, 0.15) is 53.5 Å². The number of carbonyl (C=O) groups excluding carboxylic acids is 1. The highest BCUT2D eigenvalue weighted by atomic mass is 28.4. The molecule has 1 aromatic carbocycles. The van der Waals surface area contributed by atoms with E-state index in [0.717, 1.165) is 12.7 Å². The summed E-state index contributed by atoms with van der Waals surface area (Å²) in [6, 6.07) is 6.83. The Balaban J connectivity index is 3.29. The first-order valence-corrected chi connectivity index (χ1v) is 14.2. The molecule has 1 aromatic rings. The van der Waals surface area contributed by atoms with Gasteiger partial charge < -0.3 is 13.9 Å². The molecule has 0 aliphatic heterocycles. The summed E-state index contributed by atoms with van der Waals surface area (Å²) in [5.41, 5.74) is -1.98. The molecule has 0 aliphatic carbocycles. The van der Waals surface area contributed by atoms with E-state index < -0.39 is 32.2 Å². The third-order valence-corrected chi connectivity index (χ3v) is 10.8. The highest BCUT2D eigenvalue weighted by Gasteiger charge is 2.64. The molecule has 1 rings (SSSR count). The number of hydrogen-bond donors (Lipinski definition) is 0. The first-order chi connectivity index (χ1) is 15.5. The van der Waals surface area contributed by atoms with Gasteiger partial charge in [-0.25, -0.2) is 4.79 Å². The second kappa shape index (κ2) is 11.7. The smallest absolute Gasteiger partial charge is 0.432 e. The van der Waals surface area contributed by atoms with Crippen molar-refractivity contribution in [3.05, 3.63) is 59.2 Å². The lowest BCUT2D eigenvalue weighted by Crippen LogP contribution is -2.52. The molecule has 0 fully saturated rings. The summed E-state index contributed by atoms with van der Waals surface area (Å²) in [6.07, 6.45) is -2.07.